The third-order valence-electron chi connectivity index (χ3n) is 3.65. The SMILES string of the molecule is CC(C)n1nccc1C(=O)N1CCOC[C@H]1c1ccn[nH]1. The van der Waals surface area contributed by atoms with Gasteiger partial charge in [-0.3, -0.25) is 14.6 Å². The number of ether oxygens (including phenoxy) is 1. The molecule has 0 bridgehead atoms. The van der Waals surface area contributed by atoms with E-state index in [9.17, 15) is 4.79 Å². The summed E-state index contributed by atoms with van der Waals surface area (Å²) in [6.45, 7) is 5.60. The van der Waals surface area contributed by atoms with Gasteiger partial charge in [0.05, 0.1) is 24.9 Å². The average Bonchev–Trinajstić information content (AvgIpc) is 3.17. The molecule has 0 unspecified atom stereocenters. The molecule has 7 heteroatoms. The van der Waals surface area contributed by atoms with Crippen LogP contribution in [0.15, 0.2) is 24.5 Å². The Morgan fingerprint density at radius 1 is 1.43 bits per heavy atom. The zero-order valence-corrected chi connectivity index (χ0v) is 12.2. The van der Waals surface area contributed by atoms with Crippen molar-refractivity contribution in [3.05, 3.63) is 35.9 Å². The molecular weight excluding hydrogens is 270 g/mol. The van der Waals surface area contributed by atoms with Crippen molar-refractivity contribution in [1.29, 1.82) is 0 Å². The molecule has 0 aromatic carbocycles. The van der Waals surface area contributed by atoms with Crippen molar-refractivity contribution in [2.45, 2.75) is 25.9 Å². The largest absolute Gasteiger partial charge is 0.377 e. The zero-order valence-electron chi connectivity index (χ0n) is 12.2. The number of aromatic nitrogens is 4. The molecule has 0 radical (unpaired) electrons. The molecular formula is C14H19N5O2. The highest BCUT2D eigenvalue weighted by molar-refractivity contribution is 5.93. The molecule has 21 heavy (non-hydrogen) atoms. The number of hydrogen-bond acceptors (Lipinski definition) is 4. The second-order valence-electron chi connectivity index (χ2n) is 5.36. The average molecular weight is 289 g/mol. The first-order valence-corrected chi connectivity index (χ1v) is 7.10. The van der Waals surface area contributed by atoms with Gasteiger partial charge in [-0.15, -0.1) is 0 Å². The van der Waals surface area contributed by atoms with Gasteiger partial charge >= 0.3 is 0 Å². The van der Waals surface area contributed by atoms with Crippen LogP contribution >= 0.6 is 0 Å². The van der Waals surface area contributed by atoms with Crippen molar-refractivity contribution in [3.63, 3.8) is 0 Å². The summed E-state index contributed by atoms with van der Waals surface area (Å²) in [4.78, 5) is 14.7. The summed E-state index contributed by atoms with van der Waals surface area (Å²) in [5.41, 5.74) is 1.50. The molecule has 3 rings (SSSR count). The Kier molecular flexibility index (Phi) is 3.74. The molecule has 2 aromatic rings. The van der Waals surface area contributed by atoms with Gasteiger partial charge in [0.25, 0.3) is 5.91 Å². The highest BCUT2D eigenvalue weighted by Crippen LogP contribution is 2.24. The number of rotatable bonds is 3. The maximum absolute atomic E-state index is 12.9. The molecule has 1 aliphatic rings. The van der Waals surface area contributed by atoms with Crippen LogP contribution < -0.4 is 0 Å². The molecule has 3 heterocycles. The van der Waals surface area contributed by atoms with Crippen molar-refractivity contribution >= 4 is 5.91 Å². The summed E-state index contributed by atoms with van der Waals surface area (Å²) in [5, 5.41) is 11.1. The summed E-state index contributed by atoms with van der Waals surface area (Å²) in [6.07, 6.45) is 3.35. The van der Waals surface area contributed by atoms with Crippen molar-refractivity contribution in [2.75, 3.05) is 19.8 Å². The van der Waals surface area contributed by atoms with E-state index in [4.69, 9.17) is 4.74 Å². The minimum Gasteiger partial charge on any atom is -0.377 e. The molecule has 1 atom stereocenters. The summed E-state index contributed by atoms with van der Waals surface area (Å²) < 4.78 is 7.27. The van der Waals surface area contributed by atoms with Gasteiger partial charge in [-0.2, -0.15) is 10.2 Å². The first-order chi connectivity index (χ1) is 10.2. The number of carbonyl (C=O) groups is 1. The Morgan fingerprint density at radius 3 is 3.00 bits per heavy atom. The fourth-order valence-electron chi connectivity index (χ4n) is 2.60. The Bertz CT molecular complexity index is 605. The summed E-state index contributed by atoms with van der Waals surface area (Å²) in [7, 11) is 0. The van der Waals surface area contributed by atoms with Gasteiger partial charge in [-0.25, -0.2) is 0 Å². The zero-order chi connectivity index (χ0) is 14.8. The Hall–Kier alpha value is -2.15. The fraction of sp³-hybridized carbons (Fsp3) is 0.500. The van der Waals surface area contributed by atoms with Crippen molar-refractivity contribution < 1.29 is 9.53 Å². The quantitative estimate of drug-likeness (QED) is 0.926. The van der Waals surface area contributed by atoms with Crippen LogP contribution in [0, 0.1) is 0 Å². The first-order valence-electron chi connectivity index (χ1n) is 7.10. The minimum atomic E-state index is -0.135. The van der Waals surface area contributed by atoms with Gasteiger partial charge in [-0.1, -0.05) is 0 Å². The predicted octanol–water partition coefficient (Wildman–Crippen LogP) is 1.40. The number of carbonyl (C=O) groups excluding carboxylic acids is 1. The van der Waals surface area contributed by atoms with Crippen LogP contribution in [-0.2, 0) is 4.74 Å². The summed E-state index contributed by atoms with van der Waals surface area (Å²) >= 11 is 0. The molecule has 1 fully saturated rings. The highest BCUT2D eigenvalue weighted by atomic mass is 16.5. The van der Waals surface area contributed by atoms with Crippen LogP contribution in [0.5, 0.6) is 0 Å². The standard InChI is InChI=1S/C14H19N5O2/c1-10(2)19-12(4-6-16-19)14(20)18-7-8-21-9-13(18)11-3-5-15-17-11/h3-6,10,13H,7-9H2,1-2H3,(H,15,17)/t13-/m0/s1. The molecule has 2 aromatic heterocycles. The van der Waals surface area contributed by atoms with E-state index < -0.39 is 0 Å². The van der Waals surface area contributed by atoms with Gasteiger partial charge in [0.15, 0.2) is 0 Å². The smallest absolute Gasteiger partial charge is 0.272 e. The maximum Gasteiger partial charge on any atom is 0.272 e. The Balaban J connectivity index is 1.89. The van der Waals surface area contributed by atoms with Crippen LogP contribution in [0.2, 0.25) is 0 Å². The van der Waals surface area contributed by atoms with Crippen LogP contribution in [0.3, 0.4) is 0 Å². The molecule has 7 nitrogen and oxygen atoms in total. The van der Waals surface area contributed by atoms with E-state index in [-0.39, 0.29) is 18.0 Å². The first kappa shape index (κ1) is 13.8. The molecule has 112 valence electrons. The number of hydrogen-bond donors (Lipinski definition) is 1. The van der Waals surface area contributed by atoms with Gasteiger partial charge in [0.2, 0.25) is 0 Å². The van der Waals surface area contributed by atoms with Crippen molar-refractivity contribution in [3.8, 4) is 0 Å². The van der Waals surface area contributed by atoms with E-state index in [1.165, 1.54) is 0 Å². The molecule has 0 saturated carbocycles. The van der Waals surface area contributed by atoms with Gasteiger partial charge in [-0.05, 0) is 26.0 Å². The Labute approximate surface area is 122 Å². The normalized spacial score (nSPS) is 19.2. The molecule has 0 aliphatic carbocycles. The highest BCUT2D eigenvalue weighted by Gasteiger charge is 2.31. The monoisotopic (exact) mass is 289 g/mol. The number of aromatic amines is 1. The number of morpholine rings is 1. The molecule has 1 N–H and O–H groups in total. The lowest BCUT2D eigenvalue weighted by molar-refractivity contribution is -0.00461. The van der Waals surface area contributed by atoms with E-state index in [1.54, 1.807) is 23.1 Å². The van der Waals surface area contributed by atoms with E-state index >= 15 is 0 Å². The number of nitrogens with one attached hydrogen (secondary N) is 1. The predicted molar refractivity (Wildman–Crippen MR) is 75.8 cm³/mol. The lowest BCUT2D eigenvalue weighted by Crippen LogP contribution is -2.44. The molecule has 1 saturated heterocycles. The molecule has 0 spiro atoms. The van der Waals surface area contributed by atoms with Crippen LogP contribution in [0.25, 0.3) is 0 Å². The third-order valence-corrected chi connectivity index (χ3v) is 3.65. The Morgan fingerprint density at radius 2 is 2.29 bits per heavy atom. The van der Waals surface area contributed by atoms with E-state index in [0.29, 0.717) is 25.5 Å². The van der Waals surface area contributed by atoms with Crippen LogP contribution in [0.4, 0.5) is 0 Å². The van der Waals surface area contributed by atoms with E-state index in [2.05, 4.69) is 15.3 Å². The van der Waals surface area contributed by atoms with Gasteiger partial charge in [0, 0.05) is 25.0 Å². The van der Waals surface area contributed by atoms with Gasteiger partial charge in [0.1, 0.15) is 5.69 Å². The van der Waals surface area contributed by atoms with E-state index in [0.717, 1.165) is 5.69 Å². The third kappa shape index (κ3) is 2.56. The van der Waals surface area contributed by atoms with E-state index in [1.807, 2.05) is 24.8 Å². The van der Waals surface area contributed by atoms with Crippen LogP contribution in [-0.4, -0.2) is 50.5 Å². The number of nitrogens with zero attached hydrogens (tertiary/aromatic N) is 4. The molecule has 1 amide bonds. The molecule has 1 aliphatic heterocycles. The lowest BCUT2D eigenvalue weighted by Gasteiger charge is -2.35. The van der Waals surface area contributed by atoms with Gasteiger partial charge < -0.3 is 9.64 Å². The topological polar surface area (TPSA) is 76.0 Å². The summed E-state index contributed by atoms with van der Waals surface area (Å²) in [6, 6.07) is 3.65. The maximum atomic E-state index is 12.9. The van der Waals surface area contributed by atoms with Crippen molar-refractivity contribution in [1.82, 2.24) is 24.9 Å². The summed E-state index contributed by atoms with van der Waals surface area (Å²) in [5.74, 6) is -0.0240. The minimum absolute atomic E-state index is 0.0240. The van der Waals surface area contributed by atoms with Crippen molar-refractivity contribution in [2.24, 2.45) is 0 Å². The fourth-order valence-corrected chi connectivity index (χ4v) is 2.60. The second kappa shape index (κ2) is 5.69. The lowest BCUT2D eigenvalue weighted by atomic mass is 10.1. The second-order valence-corrected chi connectivity index (χ2v) is 5.36. The number of H-pyrrole nitrogens is 1. The number of amides is 1. The van der Waals surface area contributed by atoms with Crippen LogP contribution in [0.1, 0.15) is 42.1 Å².